The lowest BCUT2D eigenvalue weighted by Gasteiger charge is -2.25. The molecule has 11 heteroatoms. The zero-order valence-corrected chi connectivity index (χ0v) is 17.4. The van der Waals surface area contributed by atoms with Gasteiger partial charge in [0.2, 0.25) is 5.91 Å². The minimum Gasteiger partial charge on any atom is -0.497 e. The molecular formula is C23H17F7N2O2. The number of benzene rings is 3. The molecule has 0 aliphatic heterocycles. The zero-order chi connectivity index (χ0) is 25.2. The first-order chi connectivity index (χ1) is 16.0. The largest absolute Gasteiger partial charge is 0.497 e. The van der Waals surface area contributed by atoms with E-state index in [1.807, 2.05) is 0 Å². The van der Waals surface area contributed by atoms with Crippen LogP contribution in [-0.2, 0) is 11.0 Å². The first kappa shape index (κ1) is 25.0. The van der Waals surface area contributed by atoms with Gasteiger partial charge in [-0.05, 0) is 23.3 Å². The number of carbonyl (C=O) groups excluding carboxylic acids is 1. The minimum atomic E-state index is -5.71. The molecule has 0 aliphatic rings. The van der Waals surface area contributed by atoms with Crippen molar-refractivity contribution in [3.05, 3.63) is 94.6 Å². The Balaban J connectivity index is 2.01. The molecule has 0 fully saturated rings. The standard InChI is InChI=1S/C23H17F7N2O2/c1-34-13-9-7-12(8-10-13)14(11-5-3-2-4-6-11)20(31)22(33)32-21-18(26)16(24)15(23(28,29)30)17(25)19(21)27/h2-10,14,20H,31H2,1H3,(H,32,33)/t14?,20-/m0/s1. The molecule has 0 saturated carbocycles. The summed E-state index contributed by atoms with van der Waals surface area (Å²) in [5.74, 6) is -11.9. The van der Waals surface area contributed by atoms with Gasteiger partial charge in [0.15, 0.2) is 23.3 Å². The van der Waals surface area contributed by atoms with E-state index in [0.717, 1.165) is 0 Å². The third-order valence-corrected chi connectivity index (χ3v) is 5.09. The van der Waals surface area contributed by atoms with Gasteiger partial charge in [0.25, 0.3) is 0 Å². The summed E-state index contributed by atoms with van der Waals surface area (Å²) in [5, 5.41) is 1.60. The third-order valence-electron chi connectivity index (χ3n) is 5.09. The van der Waals surface area contributed by atoms with Gasteiger partial charge in [-0.2, -0.15) is 13.2 Å². The quantitative estimate of drug-likeness (QED) is 0.364. The Labute approximate surface area is 189 Å². The topological polar surface area (TPSA) is 64.3 Å². The van der Waals surface area contributed by atoms with E-state index in [1.54, 1.807) is 59.9 Å². The number of halogens is 7. The fourth-order valence-electron chi connectivity index (χ4n) is 3.43. The molecule has 3 aromatic rings. The Morgan fingerprint density at radius 1 is 0.853 bits per heavy atom. The van der Waals surface area contributed by atoms with Crippen molar-refractivity contribution >= 4 is 11.6 Å². The molecule has 180 valence electrons. The van der Waals surface area contributed by atoms with E-state index in [1.165, 1.54) is 7.11 Å². The van der Waals surface area contributed by atoms with Crippen LogP contribution in [0.5, 0.6) is 5.75 Å². The molecule has 0 aromatic heterocycles. The van der Waals surface area contributed by atoms with Gasteiger partial charge < -0.3 is 15.8 Å². The van der Waals surface area contributed by atoms with Crippen LogP contribution in [-0.4, -0.2) is 19.1 Å². The van der Waals surface area contributed by atoms with Gasteiger partial charge in [-0.25, -0.2) is 17.6 Å². The fourth-order valence-corrected chi connectivity index (χ4v) is 3.43. The van der Waals surface area contributed by atoms with Crippen molar-refractivity contribution in [3.63, 3.8) is 0 Å². The molecule has 0 spiro atoms. The Morgan fingerprint density at radius 3 is 1.82 bits per heavy atom. The number of hydrogen-bond acceptors (Lipinski definition) is 3. The van der Waals surface area contributed by atoms with Crippen LogP contribution < -0.4 is 15.8 Å². The molecule has 3 N–H and O–H groups in total. The van der Waals surface area contributed by atoms with Crippen molar-refractivity contribution in [1.82, 2.24) is 0 Å². The highest BCUT2D eigenvalue weighted by molar-refractivity contribution is 5.96. The third kappa shape index (κ3) is 4.84. The van der Waals surface area contributed by atoms with E-state index in [0.29, 0.717) is 16.9 Å². The number of alkyl halides is 3. The van der Waals surface area contributed by atoms with Gasteiger partial charge in [-0.15, -0.1) is 0 Å². The average Bonchev–Trinajstić information content (AvgIpc) is 2.81. The molecule has 3 aromatic carbocycles. The zero-order valence-electron chi connectivity index (χ0n) is 17.4. The molecule has 1 amide bonds. The van der Waals surface area contributed by atoms with Crippen LogP contribution in [0.4, 0.5) is 36.4 Å². The first-order valence-corrected chi connectivity index (χ1v) is 9.65. The summed E-state index contributed by atoms with van der Waals surface area (Å²) in [6.45, 7) is 0. The maximum atomic E-state index is 14.2. The maximum absolute atomic E-state index is 14.2. The van der Waals surface area contributed by atoms with Crippen LogP contribution in [0.1, 0.15) is 22.6 Å². The van der Waals surface area contributed by atoms with E-state index >= 15 is 0 Å². The number of anilines is 1. The van der Waals surface area contributed by atoms with Gasteiger partial charge in [0, 0.05) is 5.92 Å². The molecule has 0 saturated heterocycles. The van der Waals surface area contributed by atoms with Gasteiger partial charge in [-0.1, -0.05) is 42.5 Å². The number of amides is 1. The van der Waals surface area contributed by atoms with Crippen LogP contribution in [0.25, 0.3) is 0 Å². The van der Waals surface area contributed by atoms with Crippen molar-refractivity contribution in [3.8, 4) is 5.75 Å². The van der Waals surface area contributed by atoms with Crippen LogP contribution in [0.15, 0.2) is 54.6 Å². The molecule has 0 radical (unpaired) electrons. The van der Waals surface area contributed by atoms with Crippen LogP contribution in [0.3, 0.4) is 0 Å². The fraction of sp³-hybridized carbons (Fsp3) is 0.174. The Hall–Kier alpha value is -3.60. The summed E-state index contributed by atoms with van der Waals surface area (Å²) >= 11 is 0. The summed E-state index contributed by atoms with van der Waals surface area (Å²) < 4.78 is 99.8. The van der Waals surface area contributed by atoms with E-state index in [4.69, 9.17) is 10.5 Å². The number of methoxy groups -OCH3 is 1. The van der Waals surface area contributed by atoms with Crippen molar-refractivity contribution in [1.29, 1.82) is 0 Å². The molecule has 2 atom stereocenters. The van der Waals surface area contributed by atoms with Crippen LogP contribution >= 0.6 is 0 Å². The van der Waals surface area contributed by atoms with Gasteiger partial charge >= 0.3 is 6.18 Å². The number of hydrogen-bond donors (Lipinski definition) is 2. The number of nitrogens with two attached hydrogens (primary N) is 1. The van der Waals surface area contributed by atoms with Crippen LogP contribution in [0.2, 0.25) is 0 Å². The second kappa shape index (κ2) is 9.72. The summed E-state index contributed by atoms with van der Waals surface area (Å²) in [6.07, 6.45) is -5.71. The molecule has 0 aliphatic carbocycles. The van der Waals surface area contributed by atoms with Crippen molar-refractivity contribution in [2.75, 3.05) is 12.4 Å². The maximum Gasteiger partial charge on any atom is 0.422 e. The summed E-state index contributed by atoms with van der Waals surface area (Å²) in [7, 11) is 1.44. The first-order valence-electron chi connectivity index (χ1n) is 9.65. The van der Waals surface area contributed by atoms with E-state index < -0.39 is 58.6 Å². The minimum absolute atomic E-state index is 0.486. The summed E-state index contributed by atoms with van der Waals surface area (Å²) in [5.41, 5.74) is 2.60. The van der Waals surface area contributed by atoms with Gasteiger partial charge in [0.05, 0.1) is 13.2 Å². The Kier molecular flexibility index (Phi) is 7.15. The number of ether oxygens (including phenoxy) is 1. The number of carbonyl (C=O) groups is 1. The normalized spacial score (nSPS) is 13.3. The highest BCUT2D eigenvalue weighted by atomic mass is 19.4. The molecule has 1 unspecified atom stereocenters. The van der Waals surface area contributed by atoms with E-state index in [2.05, 4.69) is 0 Å². The van der Waals surface area contributed by atoms with Crippen molar-refractivity contribution in [2.45, 2.75) is 18.1 Å². The lowest BCUT2D eigenvalue weighted by molar-refractivity contribution is -0.143. The molecule has 34 heavy (non-hydrogen) atoms. The van der Waals surface area contributed by atoms with Gasteiger partial charge in [-0.3, -0.25) is 4.79 Å². The number of nitrogens with one attached hydrogen (secondary N) is 1. The lowest BCUT2D eigenvalue weighted by Crippen LogP contribution is -2.41. The molecule has 4 nitrogen and oxygen atoms in total. The average molecular weight is 486 g/mol. The predicted molar refractivity (Wildman–Crippen MR) is 109 cm³/mol. The highest BCUT2D eigenvalue weighted by Gasteiger charge is 2.43. The monoisotopic (exact) mass is 486 g/mol. The van der Waals surface area contributed by atoms with E-state index in [9.17, 15) is 35.5 Å². The Bertz CT molecular complexity index is 1150. The molecule has 0 heterocycles. The smallest absolute Gasteiger partial charge is 0.422 e. The summed E-state index contributed by atoms with van der Waals surface area (Å²) in [4.78, 5) is 12.8. The molecule has 0 bridgehead atoms. The highest BCUT2D eigenvalue weighted by Crippen LogP contribution is 2.39. The Morgan fingerprint density at radius 2 is 1.35 bits per heavy atom. The predicted octanol–water partition coefficient (Wildman–Crippen LogP) is 5.37. The second-order valence-corrected chi connectivity index (χ2v) is 7.18. The lowest BCUT2D eigenvalue weighted by atomic mass is 9.85. The van der Waals surface area contributed by atoms with Crippen molar-refractivity contribution < 1.29 is 40.3 Å². The van der Waals surface area contributed by atoms with Crippen LogP contribution in [0, 0.1) is 23.3 Å². The second-order valence-electron chi connectivity index (χ2n) is 7.18. The number of rotatable bonds is 6. The molecule has 3 rings (SSSR count). The molecular weight excluding hydrogens is 469 g/mol. The van der Waals surface area contributed by atoms with Crippen molar-refractivity contribution in [2.24, 2.45) is 5.73 Å². The van der Waals surface area contributed by atoms with E-state index in [-0.39, 0.29) is 0 Å². The summed E-state index contributed by atoms with van der Waals surface area (Å²) in [6, 6.07) is 13.0. The van der Waals surface area contributed by atoms with Gasteiger partial charge in [0.1, 0.15) is 17.0 Å². The SMILES string of the molecule is COc1ccc(C(c2ccccc2)[C@H](N)C(=O)Nc2c(F)c(F)c(C(F)(F)F)c(F)c2F)cc1.